The normalized spacial score (nSPS) is 11.1. The van der Waals surface area contributed by atoms with Crippen molar-refractivity contribution in [2.24, 2.45) is 0 Å². The number of oxazole rings is 1. The predicted octanol–water partition coefficient (Wildman–Crippen LogP) is 6.28. The molecule has 5 rings (SSSR count). The van der Waals surface area contributed by atoms with Gasteiger partial charge < -0.3 is 14.5 Å². The second-order valence-corrected chi connectivity index (χ2v) is 7.89. The summed E-state index contributed by atoms with van der Waals surface area (Å²) in [6.07, 6.45) is 0. The van der Waals surface area contributed by atoms with Crippen LogP contribution in [0.2, 0.25) is 0 Å². The molecule has 1 amide bonds. The lowest BCUT2D eigenvalue weighted by molar-refractivity contribution is -0.118. The van der Waals surface area contributed by atoms with Crippen LogP contribution in [0.5, 0.6) is 5.75 Å². The molecule has 0 atom stereocenters. The van der Waals surface area contributed by atoms with Gasteiger partial charge in [-0.2, -0.15) is 0 Å². The highest BCUT2D eigenvalue weighted by molar-refractivity contribution is 5.94. The van der Waals surface area contributed by atoms with Crippen LogP contribution in [0.4, 0.5) is 5.69 Å². The molecule has 158 valence electrons. The summed E-state index contributed by atoms with van der Waals surface area (Å²) in [6.45, 7) is 4.01. The number of aryl methyl sites for hydroxylation is 2. The monoisotopic (exact) mass is 422 g/mol. The van der Waals surface area contributed by atoms with E-state index in [0.29, 0.717) is 28.4 Å². The Morgan fingerprint density at radius 1 is 0.938 bits per heavy atom. The van der Waals surface area contributed by atoms with Crippen LogP contribution >= 0.6 is 0 Å². The Morgan fingerprint density at radius 3 is 2.56 bits per heavy atom. The Labute approximate surface area is 185 Å². The summed E-state index contributed by atoms with van der Waals surface area (Å²) in [6, 6.07) is 25.4. The van der Waals surface area contributed by atoms with Gasteiger partial charge in [-0.3, -0.25) is 4.79 Å². The third-order valence-electron chi connectivity index (χ3n) is 5.25. The quantitative estimate of drug-likeness (QED) is 0.362. The molecule has 0 aliphatic heterocycles. The van der Waals surface area contributed by atoms with Crippen molar-refractivity contribution in [3.8, 4) is 17.2 Å². The van der Waals surface area contributed by atoms with E-state index in [1.807, 2.05) is 74.5 Å². The number of nitrogens with one attached hydrogen (secondary N) is 1. The fraction of sp³-hybridized carbons (Fsp3) is 0.111. The molecule has 0 spiro atoms. The molecule has 0 aliphatic carbocycles. The maximum absolute atomic E-state index is 12.5. The summed E-state index contributed by atoms with van der Waals surface area (Å²) < 4.78 is 11.7. The van der Waals surface area contributed by atoms with Crippen LogP contribution in [-0.4, -0.2) is 17.5 Å². The van der Waals surface area contributed by atoms with Gasteiger partial charge >= 0.3 is 0 Å². The van der Waals surface area contributed by atoms with E-state index >= 15 is 0 Å². The fourth-order valence-electron chi connectivity index (χ4n) is 3.89. The van der Waals surface area contributed by atoms with Gasteiger partial charge in [-0.1, -0.05) is 53.6 Å². The van der Waals surface area contributed by atoms with Gasteiger partial charge in [-0.05, 0) is 55.6 Å². The highest BCUT2D eigenvalue weighted by Gasteiger charge is 2.11. The Bertz CT molecular complexity index is 1430. The van der Waals surface area contributed by atoms with E-state index in [4.69, 9.17) is 9.15 Å². The summed E-state index contributed by atoms with van der Waals surface area (Å²) >= 11 is 0. The van der Waals surface area contributed by atoms with E-state index in [2.05, 4.69) is 16.4 Å². The average Bonchev–Trinajstić information content (AvgIpc) is 3.20. The van der Waals surface area contributed by atoms with E-state index in [-0.39, 0.29) is 12.5 Å². The van der Waals surface area contributed by atoms with Gasteiger partial charge in [0.25, 0.3) is 5.91 Å². The number of amides is 1. The first kappa shape index (κ1) is 19.8. The van der Waals surface area contributed by atoms with Crippen LogP contribution in [0.25, 0.3) is 33.3 Å². The molecule has 1 heterocycles. The standard InChI is InChI=1S/C27H22N2O3/c1-17-12-18(2)14-20(13-17)27-29-23-15-21(10-11-25(23)32-27)28-26(30)16-31-24-9-5-7-19-6-3-4-8-22(19)24/h3-15H,16H2,1-2H3,(H,28,30). The van der Waals surface area contributed by atoms with E-state index in [1.54, 1.807) is 12.1 Å². The van der Waals surface area contributed by atoms with Crippen molar-refractivity contribution in [2.45, 2.75) is 13.8 Å². The third kappa shape index (κ3) is 4.05. The molecule has 5 nitrogen and oxygen atoms in total. The molecule has 5 aromatic rings. The van der Waals surface area contributed by atoms with Crippen molar-refractivity contribution in [3.63, 3.8) is 0 Å². The molecule has 4 aromatic carbocycles. The number of carbonyl (C=O) groups is 1. The predicted molar refractivity (Wildman–Crippen MR) is 127 cm³/mol. The molecule has 32 heavy (non-hydrogen) atoms. The maximum atomic E-state index is 12.5. The van der Waals surface area contributed by atoms with Gasteiger partial charge in [-0.25, -0.2) is 4.98 Å². The molecular weight excluding hydrogens is 400 g/mol. The van der Waals surface area contributed by atoms with Gasteiger partial charge in [0.05, 0.1) is 0 Å². The number of carbonyl (C=O) groups excluding carboxylic acids is 1. The van der Waals surface area contributed by atoms with Crippen LogP contribution in [0.15, 0.2) is 83.3 Å². The first-order valence-corrected chi connectivity index (χ1v) is 10.4. The van der Waals surface area contributed by atoms with E-state index in [9.17, 15) is 4.79 Å². The molecule has 0 saturated heterocycles. The fourth-order valence-corrected chi connectivity index (χ4v) is 3.89. The summed E-state index contributed by atoms with van der Waals surface area (Å²) in [5.41, 5.74) is 5.25. The smallest absolute Gasteiger partial charge is 0.262 e. The second-order valence-electron chi connectivity index (χ2n) is 7.89. The topological polar surface area (TPSA) is 64.4 Å². The summed E-state index contributed by atoms with van der Waals surface area (Å²) in [7, 11) is 0. The lowest BCUT2D eigenvalue weighted by atomic mass is 10.1. The van der Waals surface area contributed by atoms with Gasteiger partial charge in [-0.15, -0.1) is 0 Å². The van der Waals surface area contributed by atoms with Crippen LogP contribution in [0.3, 0.4) is 0 Å². The number of rotatable bonds is 5. The molecule has 0 saturated carbocycles. The molecule has 0 fully saturated rings. The van der Waals surface area contributed by atoms with Gasteiger partial charge in [0.1, 0.15) is 11.3 Å². The summed E-state index contributed by atoms with van der Waals surface area (Å²) in [5, 5.41) is 4.92. The van der Waals surface area contributed by atoms with Crippen molar-refractivity contribution >= 4 is 33.5 Å². The lowest BCUT2D eigenvalue weighted by Crippen LogP contribution is -2.20. The number of anilines is 1. The van der Waals surface area contributed by atoms with Gasteiger partial charge in [0.15, 0.2) is 12.2 Å². The summed E-state index contributed by atoms with van der Waals surface area (Å²) in [5.74, 6) is 1.01. The van der Waals surface area contributed by atoms with Crippen molar-refractivity contribution in [1.82, 2.24) is 4.98 Å². The van der Waals surface area contributed by atoms with Gasteiger partial charge in [0, 0.05) is 16.6 Å². The zero-order valence-corrected chi connectivity index (χ0v) is 17.9. The summed E-state index contributed by atoms with van der Waals surface area (Å²) in [4.78, 5) is 17.1. The number of benzene rings is 4. The zero-order chi connectivity index (χ0) is 22.1. The van der Waals surface area contributed by atoms with E-state index < -0.39 is 0 Å². The molecule has 0 radical (unpaired) electrons. The Morgan fingerprint density at radius 2 is 1.72 bits per heavy atom. The first-order chi connectivity index (χ1) is 15.5. The molecule has 0 aliphatic rings. The van der Waals surface area contributed by atoms with Crippen LogP contribution in [-0.2, 0) is 4.79 Å². The van der Waals surface area contributed by atoms with Crippen molar-refractivity contribution < 1.29 is 13.9 Å². The van der Waals surface area contributed by atoms with Crippen molar-refractivity contribution in [3.05, 3.63) is 90.0 Å². The Balaban J connectivity index is 1.31. The minimum absolute atomic E-state index is 0.0846. The van der Waals surface area contributed by atoms with Crippen molar-refractivity contribution in [2.75, 3.05) is 11.9 Å². The Kier molecular flexibility index (Phi) is 5.07. The second kappa shape index (κ2) is 8.19. The highest BCUT2D eigenvalue weighted by atomic mass is 16.5. The maximum Gasteiger partial charge on any atom is 0.262 e. The minimum Gasteiger partial charge on any atom is -0.483 e. The number of nitrogens with zero attached hydrogens (tertiary/aromatic N) is 1. The van der Waals surface area contributed by atoms with Crippen molar-refractivity contribution in [1.29, 1.82) is 0 Å². The number of ether oxygens (including phenoxy) is 1. The Hall–Kier alpha value is -4.12. The SMILES string of the molecule is Cc1cc(C)cc(-c2nc3cc(NC(=O)COc4cccc5ccccc45)ccc3o2)c1. The molecule has 0 bridgehead atoms. The van der Waals surface area contributed by atoms with Crippen LogP contribution in [0, 0.1) is 13.8 Å². The van der Waals surface area contributed by atoms with E-state index in [0.717, 1.165) is 27.5 Å². The molecular formula is C27H22N2O3. The largest absolute Gasteiger partial charge is 0.483 e. The number of hydrogen-bond donors (Lipinski definition) is 1. The molecule has 0 unspecified atom stereocenters. The third-order valence-corrected chi connectivity index (χ3v) is 5.25. The molecule has 5 heteroatoms. The highest BCUT2D eigenvalue weighted by Crippen LogP contribution is 2.28. The first-order valence-electron chi connectivity index (χ1n) is 10.4. The minimum atomic E-state index is -0.240. The van der Waals surface area contributed by atoms with Crippen LogP contribution < -0.4 is 10.1 Å². The average molecular weight is 422 g/mol. The van der Waals surface area contributed by atoms with E-state index in [1.165, 1.54) is 0 Å². The number of aromatic nitrogens is 1. The van der Waals surface area contributed by atoms with Crippen LogP contribution in [0.1, 0.15) is 11.1 Å². The number of fused-ring (bicyclic) bond motifs is 2. The molecule has 1 N–H and O–H groups in total. The molecule has 1 aromatic heterocycles. The lowest BCUT2D eigenvalue weighted by Gasteiger charge is -2.09. The van der Waals surface area contributed by atoms with Gasteiger partial charge in [0.2, 0.25) is 5.89 Å². The number of hydrogen-bond acceptors (Lipinski definition) is 4. The zero-order valence-electron chi connectivity index (χ0n) is 17.9.